The van der Waals surface area contributed by atoms with Gasteiger partial charge in [0.15, 0.2) is 0 Å². The highest BCUT2D eigenvalue weighted by Gasteiger charge is 2.30. The average Bonchev–Trinajstić information content (AvgIpc) is 2.46. The zero-order chi connectivity index (χ0) is 15.5. The van der Waals surface area contributed by atoms with Gasteiger partial charge in [0.1, 0.15) is 0 Å². The number of hydrogen-bond acceptors (Lipinski definition) is 3. The second kappa shape index (κ2) is 5.95. The van der Waals surface area contributed by atoms with Gasteiger partial charge in [-0.15, -0.1) is 0 Å². The van der Waals surface area contributed by atoms with Crippen LogP contribution in [-0.4, -0.2) is 18.1 Å². The molecule has 0 radical (unpaired) electrons. The van der Waals surface area contributed by atoms with E-state index in [-0.39, 0.29) is 6.42 Å². The summed E-state index contributed by atoms with van der Waals surface area (Å²) in [5.41, 5.74) is 0.765. The highest BCUT2D eigenvalue weighted by atomic mass is 19.4. The lowest BCUT2D eigenvalue weighted by atomic mass is 10.0. The predicted molar refractivity (Wildman–Crippen MR) is 70.4 cm³/mol. The number of pyridine rings is 1. The Morgan fingerprint density at radius 1 is 1.19 bits per heavy atom. The first kappa shape index (κ1) is 15.0. The summed E-state index contributed by atoms with van der Waals surface area (Å²) < 4.78 is 42.7. The van der Waals surface area contributed by atoms with E-state index in [0.29, 0.717) is 16.7 Å². The highest BCUT2D eigenvalue weighted by molar-refractivity contribution is 5.73. The number of esters is 1. The van der Waals surface area contributed by atoms with Crippen LogP contribution in [0.2, 0.25) is 0 Å². The van der Waals surface area contributed by atoms with Crippen molar-refractivity contribution in [1.82, 2.24) is 4.98 Å². The number of alkyl halides is 3. The van der Waals surface area contributed by atoms with Gasteiger partial charge in [0.2, 0.25) is 0 Å². The molecule has 0 bridgehead atoms. The smallest absolute Gasteiger partial charge is 0.416 e. The van der Waals surface area contributed by atoms with Gasteiger partial charge >= 0.3 is 12.1 Å². The van der Waals surface area contributed by atoms with Crippen molar-refractivity contribution in [3.63, 3.8) is 0 Å². The number of carbonyl (C=O) groups is 1. The fourth-order valence-corrected chi connectivity index (χ4v) is 1.86. The summed E-state index contributed by atoms with van der Waals surface area (Å²) in [6.45, 7) is 0. The summed E-state index contributed by atoms with van der Waals surface area (Å²) in [4.78, 5) is 15.2. The summed E-state index contributed by atoms with van der Waals surface area (Å²) in [7, 11) is 1.27. The fourth-order valence-electron chi connectivity index (χ4n) is 1.86. The lowest BCUT2D eigenvalue weighted by Crippen LogP contribution is -2.05. The number of nitrogens with zero attached hydrogens (tertiary/aromatic N) is 1. The Hall–Kier alpha value is -2.37. The molecule has 0 atom stereocenters. The van der Waals surface area contributed by atoms with Gasteiger partial charge in [-0.1, -0.05) is 12.1 Å². The van der Waals surface area contributed by atoms with E-state index in [4.69, 9.17) is 0 Å². The topological polar surface area (TPSA) is 39.2 Å². The van der Waals surface area contributed by atoms with Crippen LogP contribution in [0.25, 0.3) is 11.1 Å². The molecule has 21 heavy (non-hydrogen) atoms. The number of ether oxygens (including phenoxy) is 1. The molecule has 0 N–H and O–H groups in total. The van der Waals surface area contributed by atoms with E-state index < -0.39 is 17.7 Å². The van der Waals surface area contributed by atoms with Crippen LogP contribution in [0.1, 0.15) is 11.1 Å². The Labute approximate surface area is 119 Å². The van der Waals surface area contributed by atoms with E-state index in [1.165, 1.54) is 25.6 Å². The van der Waals surface area contributed by atoms with Gasteiger partial charge in [0, 0.05) is 18.0 Å². The Bertz CT molecular complexity index is 653. The van der Waals surface area contributed by atoms with Gasteiger partial charge in [0.25, 0.3) is 0 Å². The van der Waals surface area contributed by atoms with Crippen molar-refractivity contribution in [3.8, 4) is 11.1 Å². The van der Waals surface area contributed by atoms with Gasteiger partial charge in [-0.25, -0.2) is 0 Å². The summed E-state index contributed by atoms with van der Waals surface area (Å²) >= 11 is 0. The van der Waals surface area contributed by atoms with Crippen molar-refractivity contribution in [1.29, 1.82) is 0 Å². The summed E-state index contributed by atoms with van der Waals surface area (Å²) in [6, 6.07) is 6.59. The third-order valence-corrected chi connectivity index (χ3v) is 2.89. The lowest BCUT2D eigenvalue weighted by molar-refractivity contribution is -0.140. The third kappa shape index (κ3) is 3.81. The molecule has 6 heteroatoms. The first-order valence-electron chi connectivity index (χ1n) is 6.08. The predicted octanol–water partition coefficient (Wildman–Crippen LogP) is 3.48. The van der Waals surface area contributed by atoms with Crippen LogP contribution < -0.4 is 0 Å². The van der Waals surface area contributed by atoms with Gasteiger partial charge < -0.3 is 4.74 Å². The van der Waals surface area contributed by atoms with Crippen LogP contribution in [0.5, 0.6) is 0 Å². The SMILES string of the molecule is COC(=O)Cc1cncc(-c2cccc(C(F)(F)F)c2)c1. The van der Waals surface area contributed by atoms with Crippen LogP contribution >= 0.6 is 0 Å². The maximum atomic E-state index is 12.7. The minimum Gasteiger partial charge on any atom is -0.469 e. The zero-order valence-electron chi connectivity index (χ0n) is 11.1. The molecule has 1 heterocycles. The summed E-state index contributed by atoms with van der Waals surface area (Å²) in [5.74, 6) is -0.432. The molecule has 1 aromatic heterocycles. The quantitative estimate of drug-likeness (QED) is 0.814. The normalized spacial score (nSPS) is 11.2. The van der Waals surface area contributed by atoms with Crippen LogP contribution in [0.4, 0.5) is 13.2 Å². The summed E-state index contributed by atoms with van der Waals surface area (Å²) in [5, 5.41) is 0. The molecule has 0 spiro atoms. The molecule has 2 aromatic rings. The number of hydrogen-bond donors (Lipinski definition) is 0. The van der Waals surface area contributed by atoms with Crippen molar-refractivity contribution >= 4 is 5.97 Å². The molecular formula is C15H12F3NO2. The molecule has 0 unspecified atom stereocenters. The molecule has 0 aliphatic rings. The van der Waals surface area contributed by atoms with Gasteiger partial charge in [0.05, 0.1) is 19.1 Å². The van der Waals surface area contributed by atoms with E-state index in [2.05, 4.69) is 9.72 Å². The lowest BCUT2D eigenvalue weighted by Gasteiger charge is -2.09. The minimum atomic E-state index is -4.40. The van der Waals surface area contributed by atoms with Crippen LogP contribution in [-0.2, 0) is 22.1 Å². The monoisotopic (exact) mass is 295 g/mol. The molecule has 1 aromatic carbocycles. The second-order valence-electron chi connectivity index (χ2n) is 4.41. The van der Waals surface area contributed by atoms with E-state index in [0.717, 1.165) is 12.1 Å². The molecule has 0 amide bonds. The molecular weight excluding hydrogens is 283 g/mol. The van der Waals surface area contributed by atoms with Crippen LogP contribution in [0.15, 0.2) is 42.7 Å². The largest absolute Gasteiger partial charge is 0.469 e. The number of benzene rings is 1. The number of methoxy groups -OCH3 is 1. The first-order valence-corrected chi connectivity index (χ1v) is 6.08. The Morgan fingerprint density at radius 3 is 2.62 bits per heavy atom. The van der Waals surface area contributed by atoms with E-state index in [1.54, 1.807) is 12.1 Å². The maximum Gasteiger partial charge on any atom is 0.416 e. The van der Waals surface area contributed by atoms with Crippen molar-refractivity contribution in [2.75, 3.05) is 7.11 Å². The van der Waals surface area contributed by atoms with Crippen molar-refractivity contribution in [2.45, 2.75) is 12.6 Å². The molecule has 0 aliphatic heterocycles. The number of aromatic nitrogens is 1. The Kier molecular flexibility index (Phi) is 4.26. The minimum absolute atomic E-state index is 0.0241. The number of carbonyl (C=O) groups excluding carboxylic acids is 1. The Balaban J connectivity index is 2.34. The summed E-state index contributed by atoms with van der Waals surface area (Å²) in [6.07, 6.45) is -1.44. The van der Waals surface area contributed by atoms with Gasteiger partial charge in [-0.3, -0.25) is 9.78 Å². The van der Waals surface area contributed by atoms with E-state index >= 15 is 0 Å². The molecule has 0 saturated heterocycles. The highest BCUT2D eigenvalue weighted by Crippen LogP contribution is 2.32. The van der Waals surface area contributed by atoms with Gasteiger partial charge in [-0.2, -0.15) is 13.2 Å². The molecule has 110 valence electrons. The van der Waals surface area contributed by atoms with Crippen molar-refractivity contribution in [2.24, 2.45) is 0 Å². The number of rotatable bonds is 3. The molecule has 0 fully saturated rings. The Morgan fingerprint density at radius 2 is 1.95 bits per heavy atom. The number of halogens is 3. The van der Waals surface area contributed by atoms with Gasteiger partial charge in [-0.05, 0) is 29.3 Å². The van der Waals surface area contributed by atoms with Crippen LogP contribution in [0.3, 0.4) is 0 Å². The van der Waals surface area contributed by atoms with Crippen molar-refractivity contribution < 1.29 is 22.7 Å². The van der Waals surface area contributed by atoms with E-state index in [9.17, 15) is 18.0 Å². The molecule has 0 aliphatic carbocycles. The fraction of sp³-hybridized carbons (Fsp3) is 0.200. The maximum absolute atomic E-state index is 12.7. The van der Waals surface area contributed by atoms with E-state index in [1.807, 2.05) is 0 Å². The standard InChI is InChI=1S/C15H12F3NO2/c1-21-14(20)6-10-5-12(9-19-8-10)11-3-2-4-13(7-11)15(16,17)18/h2-5,7-9H,6H2,1H3. The first-order chi connectivity index (χ1) is 9.90. The molecule has 3 nitrogen and oxygen atoms in total. The van der Waals surface area contributed by atoms with Crippen LogP contribution in [0, 0.1) is 0 Å². The van der Waals surface area contributed by atoms with Crippen molar-refractivity contribution in [3.05, 3.63) is 53.9 Å². The zero-order valence-corrected chi connectivity index (χ0v) is 11.1. The molecule has 2 rings (SSSR count). The molecule has 0 saturated carbocycles. The third-order valence-electron chi connectivity index (χ3n) is 2.89. The average molecular weight is 295 g/mol. The second-order valence-corrected chi connectivity index (χ2v) is 4.41.